The lowest BCUT2D eigenvalue weighted by Crippen LogP contribution is -2.33. The molecule has 0 fully saturated rings. The van der Waals surface area contributed by atoms with E-state index < -0.39 is 12.0 Å². The number of hydrogen-bond donors (Lipinski definition) is 2. The Morgan fingerprint density at radius 3 is 2.78 bits per heavy atom. The van der Waals surface area contributed by atoms with E-state index in [1.165, 1.54) is 5.56 Å². The van der Waals surface area contributed by atoms with Crippen molar-refractivity contribution in [3.63, 3.8) is 0 Å². The minimum Gasteiger partial charge on any atom is -0.489 e. The van der Waals surface area contributed by atoms with Gasteiger partial charge in [-0.3, -0.25) is 4.79 Å². The van der Waals surface area contributed by atoms with Gasteiger partial charge in [0.2, 0.25) is 0 Å². The molecule has 4 nitrogen and oxygen atoms in total. The first-order valence-electron chi connectivity index (χ1n) is 7.38. The molecule has 0 saturated carbocycles. The Balaban J connectivity index is 2.07. The quantitative estimate of drug-likeness (QED) is 0.809. The number of hydrogen-bond acceptors (Lipinski definition) is 3. The van der Waals surface area contributed by atoms with Crippen LogP contribution in [-0.4, -0.2) is 17.1 Å². The van der Waals surface area contributed by atoms with Crippen molar-refractivity contribution in [1.82, 2.24) is 5.32 Å². The first kappa shape index (κ1) is 17.3. The second-order valence-corrected chi connectivity index (χ2v) is 5.91. The van der Waals surface area contributed by atoms with Crippen LogP contribution in [-0.2, 0) is 17.9 Å². The summed E-state index contributed by atoms with van der Waals surface area (Å²) in [6.07, 6.45) is 0. The minimum atomic E-state index is -0.894. The molecule has 1 unspecified atom stereocenters. The lowest BCUT2D eigenvalue weighted by atomic mass is 10.1. The van der Waals surface area contributed by atoms with Gasteiger partial charge in [-0.05, 0) is 37.6 Å². The van der Waals surface area contributed by atoms with Crippen LogP contribution in [0.2, 0.25) is 5.02 Å². The summed E-state index contributed by atoms with van der Waals surface area (Å²) in [5.74, 6) is -0.199. The van der Waals surface area contributed by atoms with Crippen molar-refractivity contribution in [3.05, 3.63) is 64.2 Å². The largest absolute Gasteiger partial charge is 0.489 e. The molecule has 1 atom stereocenters. The second kappa shape index (κ2) is 7.99. The summed E-state index contributed by atoms with van der Waals surface area (Å²) in [5, 5.41) is 12.5. The van der Waals surface area contributed by atoms with Gasteiger partial charge >= 0.3 is 5.97 Å². The number of carboxylic acids is 1. The Morgan fingerprint density at radius 2 is 2.09 bits per heavy atom. The van der Waals surface area contributed by atoms with Crippen LogP contribution in [0.5, 0.6) is 5.75 Å². The van der Waals surface area contributed by atoms with Gasteiger partial charge in [-0.15, -0.1) is 0 Å². The molecule has 2 N–H and O–H groups in total. The van der Waals surface area contributed by atoms with Crippen molar-refractivity contribution in [2.75, 3.05) is 0 Å². The number of halogens is 1. The highest BCUT2D eigenvalue weighted by atomic mass is 35.5. The molecule has 0 saturated heterocycles. The highest BCUT2D eigenvalue weighted by Gasteiger charge is 2.12. The normalized spacial score (nSPS) is 12.0. The molecule has 2 aromatic rings. The standard InChI is InChI=1S/C18H20ClNO3/c1-12-4-3-5-14(8-12)11-23-17-7-6-16(19)9-15(17)10-20-13(2)18(21)22/h3-9,13,20H,10-11H2,1-2H3,(H,21,22). The number of carboxylic acid groups (broad SMARTS) is 1. The summed E-state index contributed by atoms with van der Waals surface area (Å²) in [6.45, 7) is 4.45. The van der Waals surface area contributed by atoms with Crippen molar-refractivity contribution in [3.8, 4) is 5.75 Å². The van der Waals surface area contributed by atoms with Crippen LogP contribution in [0.25, 0.3) is 0 Å². The van der Waals surface area contributed by atoms with Crippen LogP contribution in [0.3, 0.4) is 0 Å². The Labute approximate surface area is 141 Å². The first-order chi connectivity index (χ1) is 11.0. The van der Waals surface area contributed by atoms with Crippen LogP contribution in [0, 0.1) is 6.92 Å². The van der Waals surface area contributed by atoms with Crippen molar-refractivity contribution < 1.29 is 14.6 Å². The summed E-state index contributed by atoms with van der Waals surface area (Å²) < 4.78 is 5.88. The fraction of sp³-hybridized carbons (Fsp3) is 0.278. The molecule has 0 spiro atoms. The third kappa shape index (κ3) is 5.27. The van der Waals surface area contributed by atoms with Gasteiger partial charge in [0.05, 0.1) is 0 Å². The van der Waals surface area contributed by atoms with Crippen molar-refractivity contribution in [1.29, 1.82) is 0 Å². The zero-order chi connectivity index (χ0) is 16.8. The molecule has 122 valence electrons. The van der Waals surface area contributed by atoms with Crippen molar-refractivity contribution in [2.24, 2.45) is 0 Å². The molecular weight excluding hydrogens is 314 g/mol. The van der Waals surface area contributed by atoms with E-state index in [-0.39, 0.29) is 0 Å². The number of nitrogens with one attached hydrogen (secondary N) is 1. The highest BCUT2D eigenvalue weighted by molar-refractivity contribution is 6.30. The van der Waals surface area contributed by atoms with E-state index in [9.17, 15) is 4.79 Å². The fourth-order valence-corrected chi connectivity index (χ4v) is 2.34. The number of rotatable bonds is 7. The van der Waals surface area contributed by atoms with Gasteiger partial charge in [0.25, 0.3) is 0 Å². The summed E-state index contributed by atoms with van der Waals surface area (Å²) >= 11 is 6.03. The van der Waals surface area contributed by atoms with Gasteiger partial charge in [0.1, 0.15) is 18.4 Å². The molecular formula is C18H20ClNO3. The maximum Gasteiger partial charge on any atom is 0.320 e. The predicted molar refractivity (Wildman–Crippen MR) is 90.9 cm³/mol. The summed E-state index contributed by atoms with van der Waals surface area (Å²) in [6, 6.07) is 12.8. The second-order valence-electron chi connectivity index (χ2n) is 5.47. The smallest absolute Gasteiger partial charge is 0.320 e. The Hall–Kier alpha value is -2.04. The lowest BCUT2D eigenvalue weighted by Gasteiger charge is -2.14. The molecule has 0 aromatic heterocycles. The summed E-state index contributed by atoms with van der Waals surface area (Å²) in [5.41, 5.74) is 3.09. The van der Waals surface area contributed by atoms with Gasteiger partial charge in [-0.2, -0.15) is 0 Å². The third-order valence-electron chi connectivity index (χ3n) is 3.47. The summed E-state index contributed by atoms with van der Waals surface area (Å²) in [4.78, 5) is 10.9. The van der Waals surface area contributed by atoms with E-state index in [0.717, 1.165) is 11.1 Å². The number of aryl methyl sites for hydroxylation is 1. The molecule has 0 heterocycles. The third-order valence-corrected chi connectivity index (χ3v) is 3.70. The average molecular weight is 334 g/mol. The maximum absolute atomic E-state index is 10.9. The van der Waals surface area contributed by atoms with Gasteiger partial charge < -0.3 is 15.2 Å². The number of ether oxygens (including phenoxy) is 1. The van der Waals surface area contributed by atoms with Crippen molar-refractivity contribution >= 4 is 17.6 Å². The van der Waals surface area contributed by atoms with Crippen LogP contribution in [0.4, 0.5) is 0 Å². The molecule has 0 radical (unpaired) electrons. The molecule has 2 rings (SSSR count). The molecule has 0 amide bonds. The molecule has 23 heavy (non-hydrogen) atoms. The van der Waals surface area contributed by atoms with E-state index in [0.29, 0.717) is 23.9 Å². The van der Waals surface area contributed by atoms with E-state index in [1.54, 1.807) is 25.1 Å². The molecule has 0 aliphatic rings. The fourth-order valence-electron chi connectivity index (χ4n) is 2.14. The Kier molecular flexibility index (Phi) is 6.02. The van der Waals surface area contributed by atoms with Crippen LogP contribution in [0.15, 0.2) is 42.5 Å². The molecule has 0 bridgehead atoms. The van der Waals surface area contributed by atoms with Crippen LogP contribution >= 0.6 is 11.6 Å². The Morgan fingerprint density at radius 1 is 1.30 bits per heavy atom. The van der Waals surface area contributed by atoms with Crippen LogP contribution < -0.4 is 10.1 Å². The Bertz CT molecular complexity index is 688. The predicted octanol–water partition coefficient (Wildman–Crippen LogP) is 3.79. The molecule has 0 aliphatic heterocycles. The van der Waals surface area contributed by atoms with Gasteiger partial charge in [0, 0.05) is 17.1 Å². The first-order valence-corrected chi connectivity index (χ1v) is 7.76. The topological polar surface area (TPSA) is 58.6 Å². The zero-order valence-electron chi connectivity index (χ0n) is 13.2. The lowest BCUT2D eigenvalue weighted by molar-refractivity contribution is -0.139. The van der Waals surface area contributed by atoms with Crippen LogP contribution in [0.1, 0.15) is 23.6 Å². The summed E-state index contributed by atoms with van der Waals surface area (Å²) in [7, 11) is 0. The number of aliphatic carboxylic acids is 1. The highest BCUT2D eigenvalue weighted by Crippen LogP contribution is 2.24. The number of benzene rings is 2. The SMILES string of the molecule is Cc1cccc(COc2ccc(Cl)cc2CNC(C)C(=O)O)c1. The van der Waals surface area contributed by atoms with E-state index >= 15 is 0 Å². The van der Waals surface area contributed by atoms with Crippen molar-refractivity contribution in [2.45, 2.75) is 33.0 Å². The molecule has 2 aromatic carbocycles. The maximum atomic E-state index is 10.9. The monoisotopic (exact) mass is 333 g/mol. The van der Waals surface area contributed by atoms with E-state index in [2.05, 4.69) is 11.4 Å². The van der Waals surface area contributed by atoms with E-state index in [4.69, 9.17) is 21.4 Å². The molecule has 5 heteroatoms. The van der Waals surface area contributed by atoms with Gasteiger partial charge in [-0.25, -0.2) is 0 Å². The van der Waals surface area contributed by atoms with E-state index in [1.807, 2.05) is 25.1 Å². The minimum absolute atomic E-state index is 0.372. The molecule has 0 aliphatic carbocycles. The van der Waals surface area contributed by atoms with Gasteiger partial charge in [-0.1, -0.05) is 41.4 Å². The zero-order valence-corrected chi connectivity index (χ0v) is 13.9. The van der Waals surface area contributed by atoms with Gasteiger partial charge in [0.15, 0.2) is 0 Å². The number of carbonyl (C=O) groups is 1. The average Bonchev–Trinajstić information content (AvgIpc) is 2.51.